The van der Waals surface area contributed by atoms with Crippen LogP contribution in [0.3, 0.4) is 0 Å². The Morgan fingerprint density at radius 3 is 2.69 bits per heavy atom. The molecule has 0 radical (unpaired) electrons. The molecule has 1 aromatic rings. The largest absolute Gasteiger partial charge is 0.390 e. The van der Waals surface area contributed by atoms with Crippen LogP contribution in [0.15, 0.2) is 6.07 Å². The number of nitrogens with zero attached hydrogens (tertiary/aromatic N) is 1. The van der Waals surface area contributed by atoms with Crippen LogP contribution in [0.2, 0.25) is 5.15 Å². The number of hydrogen-bond donors (Lipinski definition) is 1. The molecule has 0 spiro atoms. The molecule has 0 saturated carbocycles. The Morgan fingerprint density at radius 2 is 2.23 bits per heavy atom. The molecule has 0 amide bonds. The lowest BCUT2D eigenvalue weighted by atomic mass is 10.2. The fourth-order valence-electron chi connectivity index (χ4n) is 0.832. The Balaban J connectivity index is 3.27. The molecule has 13 heavy (non-hydrogen) atoms. The molecular weight excluding hydrogens is 314 g/mol. The van der Waals surface area contributed by atoms with Gasteiger partial charge in [-0.3, -0.25) is 0 Å². The van der Waals surface area contributed by atoms with Crippen molar-refractivity contribution in [3.05, 3.63) is 26.0 Å². The molecule has 0 aliphatic carbocycles. The van der Waals surface area contributed by atoms with Crippen LogP contribution in [-0.2, 0) is 6.61 Å². The van der Waals surface area contributed by atoms with Gasteiger partial charge in [0.15, 0.2) is 0 Å². The maximum atomic E-state index is 12.4. The van der Waals surface area contributed by atoms with E-state index in [4.69, 9.17) is 16.7 Å². The van der Waals surface area contributed by atoms with Crippen molar-refractivity contribution in [2.75, 3.05) is 0 Å². The SMILES string of the molecule is OCc1nc(Cl)cc(C(F)F)c1I. The van der Waals surface area contributed by atoms with E-state index < -0.39 is 13.0 Å². The summed E-state index contributed by atoms with van der Waals surface area (Å²) in [5.41, 5.74) is -0.00644. The summed E-state index contributed by atoms with van der Waals surface area (Å²) in [6, 6.07) is 1.10. The molecule has 0 aliphatic heterocycles. The second-order valence-corrected chi connectivity index (χ2v) is 3.72. The number of aliphatic hydroxyl groups excluding tert-OH is 1. The number of halogens is 4. The number of pyridine rings is 1. The van der Waals surface area contributed by atoms with Crippen LogP contribution in [0, 0.1) is 3.57 Å². The average Bonchev–Trinajstić information content (AvgIpc) is 2.08. The minimum Gasteiger partial charge on any atom is -0.390 e. The summed E-state index contributed by atoms with van der Waals surface area (Å²) in [4.78, 5) is 3.71. The van der Waals surface area contributed by atoms with Crippen LogP contribution in [0.4, 0.5) is 8.78 Å². The van der Waals surface area contributed by atoms with Crippen LogP contribution in [0.5, 0.6) is 0 Å². The van der Waals surface area contributed by atoms with Gasteiger partial charge in [-0.1, -0.05) is 11.6 Å². The Labute approximate surface area is 92.1 Å². The van der Waals surface area contributed by atoms with E-state index >= 15 is 0 Å². The van der Waals surface area contributed by atoms with E-state index in [0.717, 1.165) is 6.07 Å². The van der Waals surface area contributed by atoms with E-state index in [2.05, 4.69) is 4.98 Å². The van der Waals surface area contributed by atoms with Gasteiger partial charge in [0, 0.05) is 9.13 Å². The molecule has 72 valence electrons. The van der Waals surface area contributed by atoms with E-state index in [-0.39, 0.29) is 20.0 Å². The molecule has 0 fully saturated rings. The van der Waals surface area contributed by atoms with Crippen LogP contribution >= 0.6 is 34.2 Å². The van der Waals surface area contributed by atoms with Gasteiger partial charge in [0.25, 0.3) is 6.43 Å². The summed E-state index contributed by atoms with van der Waals surface area (Å²) in [7, 11) is 0. The van der Waals surface area contributed by atoms with Crippen molar-refractivity contribution in [1.82, 2.24) is 4.98 Å². The zero-order valence-corrected chi connectivity index (χ0v) is 9.18. The highest BCUT2D eigenvalue weighted by atomic mass is 127. The molecule has 0 saturated heterocycles. The first-order chi connectivity index (χ1) is 6.06. The molecule has 6 heteroatoms. The highest BCUT2D eigenvalue weighted by molar-refractivity contribution is 14.1. The Bertz CT molecular complexity index is 322. The second kappa shape index (κ2) is 4.47. The van der Waals surface area contributed by atoms with Gasteiger partial charge in [0.05, 0.1) is 12.3 Å². The van der Waals surface area contributed by atoms with Gasteiger partial charge in [0.1, 0.15) is 5.15 Å². The topological polar surface area (TPSA) is 33.1 Å². The van der Waals surface area contributed by atoms with E-state index in [0.29, 0.717) is 0 Å². The van der Waals surface area contributed by atoms with Crippen LogP contribution in [-0.4, -0.2) is 10.1 Å². The molecule has 1 aromatic heterocycles. The lowest BCUT2D eigenvalue weighted by Crippen LogP contribution is -2.00. The lowest BCUT2D eigenvalue weighted by Gasteiger charge is -2.07. The summed E-state index contributed by atoms with van der Waals surface area (Å²) in [6.45, 7) is -0.390. The number of aliphatic hydroxyl groups is 1. The average molecular weight is 319 g/mol. The number of aromatic nitrogens is 1. The molecule has 0 bridgehead atoms. The Hall–Kier alpha value is -0.0100. The van der Waals surface area contributed by atoms with Crippen LogP contribution in [0.1, 0.15) is 17.7 Å². The van der Waals surface area contributed by atoms with Crippen molar-refractivity contribution in [2.24, 2.45) is 0 Å². The molecule has 0 unspecified atom stereocenters. The smallest absolute Gasteiger partial charge is 0.265 e. The maximum Gasteiger partial charge on any atom is 0.265 e. The molecule has 0 aliphatic rings. The third-order valence-electron chi connectivity index (χ3n) is 1.41. The van der Waals surface area contributed by atoms with Crippen molar-refractivity contribution in [3.63, 3.8) is 0 Å². The molecule has 0 atom stereocenters. The molecule has 1 heterocycles. The summed E-state index contributed by atoms with van der Waals surface area (Å²) >= 11 is 7.20. The first-order valence-corrected chi connectivity index (χ1v) is 4.75. The van der Waals surface area contributed by atoms with E-state index in [1.165, 1.54) is 0 Å². The third kappa shape index (κ3) is 2.47. The first-order valence-electron chi connectivity index (χ1n) is 3.30. The van der Waals surface area contributed by atoms with Crippen molar-refractivity contribution in [2.45, 2.75) is 13.0 Å². The van der Waals surface area contributed by atoms with Gasteiger partial charge in [-0.15, -0.1) is 0 Å². The van der Waals surface area contributed by atoms with E-state index in [9.17, 15) is 8.78 Å². The fraction of sp³-hybridized carbons (Fsp3) is 0.286. The van der Waals surface area contributed by atoms with Crippen LogP contribution < -0.4 is 0 Å². The van der Waals surface area contributed by atoms with Gasteiger partial charge < -0.3 is 5.11 Å². The molecule has 2 nitrogen and oxygen atoms in total. The molecule has 0 aromatic carbocycles. The highest BCUT2D eigenvalue weighted by Gasteiger charge is 2.16. The Kier molecular flexibility index (Phi) is 3.81. The maximum absolute atomic E-state index is 12.4. The summed E-state index contributed by atoms with van der Waals surface area (Å²) < 4.78 is 25.0. The number of hydrogen-bond acceptors (Lipinski definition) is 2. The monoisotopic (exact) mass is 319 g/mol. The zero-order valence-electron chi connectivity index (χ0n) is 6.27. The quantitative estimate of drug-likeness (QED) is 0.672. The van der Waals surface area contributed by atoms with E-state index in [1.54, 1.807) is 22.6 Å². The molecular formula is C7H5ClF2INO. The zero-order chi connectivity index (χ0) is 10.0. The summed E-state index contributed by atoms with van der Waals surface area (Å²) in [5.74, 6) is 0. The minimum atomic E-state index is -2.60. The summed E-state index contributed by atoms with van der Waals surface area (Å²) in [5, 5.41) is 8.75. The fourth-order valence-corrected chi connectivity index (χ4v) is 1.73. The van der Waals surface area contributed by atoms with Crippen molar-refractivity contribution < 1.29 is 13.9 Å². The highest BCUT2D eigenvalue weighted by Crippen LogP contribution is 2.28. The predicted octanol–water partition coefficient (Wildman–Crippen LogP) is 2.77. The number of alkyl halides is 2. The van der Waals surface area contributed by atoms with Gasteiger partial charge in [0.2, 0.25) is 0 Å². The molecule has 1 rings (SSSR count). The summed E-state index contributed by atoms with van der Waals surface area (Å²) in [6.07, 6.45) is -2.60. The second-order valence-electron chi connectivity index (χ2n) is 2.25. The predicted molar refractivity (Wildman–Crippen MR) is 52.8 cm³/mol. The molecule has 1 N–H and O–H groups in total. The Morgan fingerprint density at radius 1 is 1.62 bits per heavy atom. The van der Waals surface area contributed by atoms with E-state index in [1.807, 2.05) is 0 Å². The van der Waals surface area contributed by atoms with Gasteiger partial charge >= 0.3 is 0 Å². The third-order valence-corrected chi connectivity index (χ3v) is 2.85. The van der Waals surface area contributed by atoms with Gasteiger partial charge in [-0.2, -0.15) is 0 Å². The number of rotatable bonds is 2. The van der Waals surface area contributed by atoms with Crippen molar-refractivity contribution in [1.29, 1.82) is 0 Å². The van der Waals surface area contributed by atoms with Gasteiger partial charge in [-0.25, -0.2) is 13.8 Å². The first kappa shape index (κ1) is 11.1. The van der Waals surface area contributed by atoms with Crippen LogP contribution in [0.25, 0.3) is 0 Å². The van der Waals surface area contributed by atoms with Gasteiger partial charge in [-0.05, 0) is 28.7 Å². The lowest BCUT2D eigenvalue weighted by molar-refractivity contribution is 0.150. The van der Waals surface area contributed by atoms with Crippen molar-refractivity contribution >= 4 is 34.2 Å². The normalized spacial score (nSPS) is 10.9. The standard InChI is InChI=1S/C7H5ClF2INO/c8-5-1-3(7(9)10)6(11)4(2-13)12-5/h1,7,13H,2H2. The minimum absolute atomic E-state index is 0.0280. The van der Waals surface area contributed by atoms with Crippen molar-refractivity contribution in [3.8, 4) is 0 Å².